The van der Waals surface area contributed by atoms with Crippen molar-refractivity contribution in [2.45, 2.75) is 49.3 Å². The van der Waals surface area contributed by atoms with E-state index in [1.807, 2.05) is 0 Å². The number of hydrogen-bond acceptors (Lipinski definition) is 3. The average Bonchev–Trinajstić information content (AvgIpc) is 2.20. The zero-order valence-corrected chi connectivity index (χ0v) is 11.0. The lowest BCUT2D eigenvalue weighted by molar-refractivity contribution is 0.463. The Morgan fingerprint density at radius 2 is 1.60 bits per heavy atom. The minimum Gasteiger partial charge on any atom is -0.508 e. The molecule has 0 fully saturated rings. The standard InChI is InChI=1S/C12H18OS2/c1-3-5-8-9(6-4-2)12(15)11(14)7-10(8)13/h7,13-15H,3-6H2,1-2H3. The maximum Gasteiger partial charge on any atom is 0.120 e. The topological polar surface area (TPSA) is 20.2 Å². The Morgan fingerprint density at radius 1 is 1.07 bits per heavy atom. The molecule has 0 aromatic heterocycles. The molecule has 84 valence electrons. The normalized spacial score (nSPS) is 10.7. The van der Waals surface area contributed by atoms with E-state index in [-0.39, 0.29) is 0 Å². The molecule has 0 aliphatic rings. The van der Waals surface area contributed by atoms with Gasteiger partial charge in [0, 0.05) is 9.79 Å². The predicted molar refractivity (Wildman–Crippen MR) is 70.6 cm³/mol. The third-order valence-corrected chi connectivity index (χ3v) is 3.52. The van der Waals surface area contributed by atoms with Gasteiger partial charge in [-0.05, 0) is 30.0 Å². The summed E-state index contributed by atoms with van der Waals surface area (Å²) < 4.78 is 0. The molecule has 15 heavy (non-hydrogen) atoms. The Morgan fingerprint density at radius 3 is 2.13 bits per heavy atom. The van der Waals surface area contributed by atoms with E-state index in [0.717, 1.165) is 46.6 Å². The van der Waals surface area contributed by atoms with Crippen molar-refractivity contribution in [3.63, 3.8) is 0 Å². The number of aromatic hydroxyl groups is 1. The van der Waals surface area contributed by atoms with Gasteiger partial charge in [0.1, 0.15) is 5.75 Å². The Hall–Kier alpha value is -0.280. The molecule has 0 heterocycles. The van der Waals surface area contributed by atoms with Crippen LogP contribution in [0.15, 0.2) is 15.9 Å². The Balaban J connectivity index is 3.26. The molecular weight excluding hydrogens is 224 g/mol. The summed E-state index contributed by atoms with van der Waals surface area (Å²) in [5.41, 5.74) is 2.20. The summed E-state index contributed by atoms with van der Waals surface area (Å²) in [4.78, 5) is 1.68. The van der Waals surface area contributed by atoms with Gasteiger partial charge in [-0.2, -0.15) is 0 Å². The van der Waals surface area contributed by atoms with Crippen molar-refractivity contribution < 1.29 is 5.11 Å². The van der Waals surface area contributed by atoms with Crippen LogP contribution in [0.5, 0.6) is 5.75 Å². The van der Waals surface area contributed by atoms with Crippen LogP contribution in [0.1, 0.15) is 37.8 Å². The quantitative estimate of drug-likeness (QED) is 0.685. The van der Waals surface area contributed by atoms with Crippen molar-refractivity contribution in [3.05, 3.63) is 17.2 Å². The molecule has 1 aromatic rings. The molecule has 0 amide bonds. The van der Waals surface area contributed by atoms with Gasteiger partial charge in [-0.3, -0.25) is 0 Å². The first-order valence-corrected chi connectivity index (χ1v) is 6.26. The second-order valence-electron chi connectivity index (χ2n) is 3.72. The van der Waals surface area contributed by atoms with E-state index in [1.165, 1.54) is 0 Å². The molecule has 1 N–H and O–H groups in total. The number of benzene rings is 1. The number of rotatable bonds is 4. The molecule has 1 nitrogen and oxygen atoms in total. The van der Waals surface area contributed by atoms with Crippen LogP contribution in [0.3, 0.4) is 0 Å². The summed E-state index contributed by atoms with van der Waals surface area (Å²) in [6.07, 6.45) is 3.95. The van der Waals surface area contributed by atoms with E-state index in [1.54, 1.807) is 6.07 Å². The van der Waals surface area contributed by atoms with E-state index in [0.29, 0.717) is 5.75 Å². The van der Waals surface area contributed by atoms with E-state index in [4.69, 9.17) is 0 Å². The molecule has 1 rings (SSSR count). The van der Waals surface area contributed by atoms with Crippen molar-refractivity contribution >= 4 is 25.3 Å². The highest BCUT2D eigenvalue weighted by Gasteiger charge is 2.12. The molecule has 0 unspecified atom stereocenters. The van der Waals surface area contributed by atoms with E-state index < -0.39 is 0 Å². The van der Waals surface area contributed by atoms with E-state index >= 15 is 0 Å². The first-order chi connectivity index (χ1) is 7.11. The third kappa shape index (κ3) is 2.85. The summed E-state index contributed by atoms with van der Waals surface area (Å²) in [6, 6.07) is 1.69. The Labute approximate surface area is 103 Å². The van der Waals surface area contributed by atoms with E-state index in [9.17, 15) is 5.11 Å². The molecule has 0 radical (unpaired) electrons. The minimum absolute atomic E-state index is 0.364. The number of hydrogen-bond donors (Lipinski definition) is 3. The molecular formula is C12H18OS2. The summed E-state index contributed by atoms with van der Waals surface area (Å²) in [5, 5.41) is 9.87. The van der Waals surface area contributed by atoms with Crippen molar-refractivity contribution in [2.24, 2.45) is 0 Å². The van der Waals surface area contributed by atoms with Gasteiger partial charge in [-0.25, -0.2) is 0 Å². The Bertz CT molecular complexity index is 348. The highest BCUT2D eigenvalue weighted by molar-refractivity contribution is 7.83. The van der Waals surface area contributed by atoms with E-state index in [2.05, 4.69) is 39.1 Å². The fourth-order valence-corrected chi connectivity index (χ4v) is 2.35. The van der Waals surface area contributed by atoms with Gasteiger partial charge in [-0.15, -0.1) is 25.3 Å². The summed E-state index contributed by atoms with van der Waals surface area (Å²) in [5.74, 6) is 0.364. The van der Waals surface area contributed by atoms with Gasteiger partial charge in [0.05, 0.1) is 0 Å². The molecule has 0 atom stereocenters. The molecule has 3 heteroatoms. The molecule has 0 aliphatic heterocycles. The average molecular weight is 242 g/mol. The lowest BCUT2D eigenvalue weighted by atomic mass is 9.98. The highest BCUT2D eigenvalue weighted by Crippen LogP contribution is 2.34. The first-order valence-electron chi connectivity index (χ1n) is 5.37. The smallest absolute Gasteiger partial charge is 0.120 e. The van der Waals surface area contributed by atoms with Crippen molar-refractivity contribution in [3.8, 4) is 5.75 Å². The van der Waals surface area contributed by atoms with Crippen LogP contribution in [0.4, 0.5) is 0 Å². The van der Waals surface area contributed by atoms with Crippen LogP contribution in [0.25, 0.3) is 0 Å². The minimum atomic E-state index is 0.364. The van der Waals surface area contributed by atoms with Crippen molar-refractivity contribution in [2.75, 3.05) is 0 Å². The second kappa shape index (κ2) is 5.71. The lowest BCUT2D eigenvalue weighted by Gasteiger charge is -2.14. The van der Waals surface area contributed by atoms with Crippen molar-refractivity contribution in [1.29, 1.82) is 0 Å². The predicted octanol–water partition coefficient (Wildman–Crippen LogP) is 3.87. The van der Waals surface area contributed by atoms with Crippen molar-refractivity contribution in [1.82, 2.24) is 0 Å². The maximum atomic E-state index is 9.87. The van der Waals surface area contributed by atoms with Gasteiger partial charge < -0.3 is 5.11 Å². The van der Waals surface area contributed by atoms with Crippen LogP contribution in [0.2, 0.25) is 0 Å². The van der Waals surface area contributed by atoms with Crippen LogP contribution >= 0.6 is 25.3 Å². The first kappa shape index (κ1) is 12.8. The molecule has 0 saturated carbocycles. The molecule has 0 spiro atoms. The summed E-state index contributed by atoms with van der Waals surface area (Å²) >= 11 is 8.78. The fourth-order valence-electron chi connectivity index (χ4n) is 1.79. The Kier molecular flexibility index (Phi) is 4.87. The molecule has 0 bridgehead atoms. The molecule has 1 aromatic carbocycles. The van der Waals surface area contributed by atoms with Crippen LogP contribution in [-0.4, -0.2) is 5.11 Å². The molecule has 0 saturated heterocycles. The zero-order chi connectivity index (χ0) is 11.4. The van der Waals surface area contributed by atoms with Gasteiger partial charge in [0.15, 0.2) is 0 Å². The van der Waals surface area contributed by atoms with Crippen LogP contribution in [0, 0.1) is 0 Å². The van der Waals surface area contributed by atoms with Crippen LogP contribution < -0.4 is 0 Å². The highest BCUT2D eigenvalue weighted by atomic mass is 32.1. The SMILES string of the molecule is CCCc1c(O)cc(S)c(S)c1CCC. The fraction of sp³-hybridized carbons (Fsp3) is 0.500. The van der Waals surface area contributed by atoms with Gasteiger partial charge in [-0.1, -0.05) is 26.7 Å². The van der Waals surface area contributed by atoms with Gasteiger partial charge in [0.2, 0.25) is 0 Å². The third-order valence-electron chi connectivity index (χ3n) is 2.48. The number of phenols is 1. The number of thiol groups is 2. The summed E-state index contributed by atoms with van der Waals surface area (Å²) in [6.45, 7) is 4.24. The molecule has 0 aliphatic carbocycles. The van der Waals surface area contributed by atoms with Gasteiger partial charge in [0.25, 0.3) is 0 Å². The largest absolute Gasteiger partial charge is 0.508 e. The second-order valence-corrected chi connectivity index (χ2v) is 4.65. The van der Waals surface area contributed by atoms with Crippen LogP contribution in [-0.2, 0) is 12.8 Å². The zero-order valence-electron chi connectivity index (χ0n) is 9.25. The monoisotopic (exact) mass is 242 g/mol. The van der Waals surface area contributed by atoms with Gasteiger partial charge >= 0.3 is 0 Å². The maximum absolute atomic E-state index is 9.87. The summed E-state index contributed by atoms with van der Waals surface area (Å²) in [7, 11) is 0. The lowest BCUT2D eigenvalue weighted by Crippen LogP contribution is -1.97. The number of phenolic OH excluding ortho intramolecular Hbond substituents is 1.